The molecule has 0 aliphatic carbocycles. The number of para-hydroxylation sites is 2. The van der Waals surface area contributed by atoms with Gasteiger partial charge in [0.1, 0.15) is 18.5 Å². The molecule has 2 atom stereocenters. The maximum absolute atomic E-state index is 10.1. The van der Waals surface area contributed by atoms with E-state index in [1.165, 1.54) is 10.9 Å². The van der Waals surface area contributed by atoms with Crippen LogP contribution in [0.15, 0.2) is 60.8 Å². The lowest BCUT2D eigenvalue weighted by molar-refractivity contribution is 0.104. The van der Waals surface area contributed by atoms with Gasteiger partial charge in [-0.25, -0.2) is 0 Å². The summed E-state index contributed by atoms with van der Waals surface area (Å²) in [5, 5.41) is 14.7. The molecule has 3 aromatic rings. The summed E-state index contributed by atoms with van der Waals surface area (Å²) in [6, 6.07) is 18.1. The Morgan fingerprint density at radius 1 is 1.08 bits per heavy atom. The summed E-state index contributed by atoms with van der Waals surface area (Å²) in [7, 11) is 0. The number of aliphatic hydroxyl groups is 1. The van der Waals surface area contributed by atoms with Gasteiger partial charge in [0, 0.05) is 29.7 Å². The minimum Gasteiger partial charge on any atom is -0.491 e. The van der Waals surface area contributed by atoms with E-state index in [0.29, 0.717) is 6.54 Å². The quantitative estimate of drug-likeness (QED) is 0.597. The fraction of sp³-hybridized carbons (Fsp3) is 0.300. The number of aromatic amines is 1. The summed E-state index contributed by atoms with van der Waals surface area (Å²) < 4.78 is 5.57. The number of ether oxygens (including phenoxy) is 1. The molecule has 1 aromatic heterocycles. The SMILES string of the molecule is CC(Cc1c[nH]c2ccccc12)NCC(O)COc1ccccc1. The van der Waals surface area contributed by atoms with E-state index in [1.807, 2.05) is 36.4 Å². The lowest BCUT2D eigenvalue weighted by atomic mass is 10.1. The van der Waals surface area contributed by atoms with Gasteiger partial charge in [0.15, 0.2) is 0 Å². The molecule has 0 bridgehead atoms. The molecule has 24 heavy (non-hydrogen) atoms. The number of hydrogen-bond acceptors (Lipinski definition) is 3. The van der Waals surface area contributed by atoms with Crippen LogP contribution in [0, 0.1) is 0 Å². The second-order valence-electron chi connectivity index (χ2n) is 6.15. The standard InChI is InChI=1S/C20H24N2O2/c1-15(11-16-12-22-20-10-6-5-9-19(16)20)21-13-17(23)14-24-18-7-3-2-4-8-18/h2-10,12,15,17,21-23H,11,13-14H2,1H3. The Bertz CT molecular complexity index is 754. The molecule has 4 heteroatoms. The molecular formula is C20H24N2O2. The van der Waals surface area contributed by atoms with E-state index < -0.39 is 6.10 Å². The lowest BCUT2D eigenvalue weighted by Gasteiger charge is -2.17. The first-order chi connectivity index (χ1) is 11.7. The first-order valence-electron chi connectivity index (χ1n) is 8.36. The van der Waals surface area contributed by atoms with Crippen LogP contribution in [0.4, 0.5) is 0 Å². The predicted molar refractivity (Wildman–Crippen MR) is 97.4 cm³/mol. The van der Waals surface area contributed by atoms with Crippen LogP contribution >= 0.6 is 0 Å². The molecule has 1 heterocycles. The van der Waals surface area contributed by atoms with Gasteiger partial charge in [0.05, 0.1) is 0 Å². The van der Waals surface area contributed by atoms with Gasteiger partial charge in [-0.1, -0.05) is 36.4 Å². The Labute approximate surface area is 142 Å². The number of aliphatic hydroxyl groups excluding tert-OH is 1. The minimum absolute atomic E-state index is 0.274. The van der Waals surface area contributed by atoms with Gasteiger partial charge in [-0.15, -0.1) is 0 Å². The van der Waals surface area contributed by atoms with Crippen molar-refractivity contribution in [3.8, 4) is 5.75 Å². The van der Waals surface area contributed by atoms with Crippen LogP contribution in [0.5, 0.6) is 5.75 Å². The average Bonchev–Trinajstić information content (AvgIpc) is 3.02. The van der Waals surface area contributed by atoms with E-state index in [4.69, 9.17) is 4.74 Å². The van der Waals surface area contributed by atoms with E-state index in [2.05, 4.69) is 41.6 Å². The summed E-state index contributed by atoms with van der Waals surface area (Å²) in [6.45, 7) is 2.93. The number of aromatic nitrogens is 1. The van der Waals surface area contributed by atoms with Crippen molar-refractivity contribution >= 4 is 10.9 Å². The lowest BCUT2D eigenvalue weighted by Crippen LogP contribution is -2.37. The minimum atomic E-state index is -0.532. The van der Waals surface area contributed by atoms with Crippen LogP contribution in [0.3, 0.4) is 0 Å². The molecule has 126 valence electrons. The van der Waals surface area contributed by atoms with Crippen molar-refractivity contribution in [2.24, 2.45) is 0 Å². The number of nitrogens with one attached hydrogen (secondary N) is 2. The summed E-state index contributed by atoms with van der Waals surface area (Å²) in [5.74, 6) is 0.781. The van der Waals surface area contributed by atoms with Gasteiger partial charge < -0.3 is 20.1 Å². The van der Waals surface area contributed by atoms with Gasteiger partial charge in [0.2, 0.25) is 0 Å². The first-order valence-corrected chi connectivity index (χ1v) is 8.36. The second kappa shape index (κ2) is 7.99. The highest BCUT2D eigenvalue weighted by atomic mass is 16.5. The molecule has 2 unspecified atom stereocenters. The van der Waals surface area contributed by atoms with Crippen molar-refractivity contribution in [2.45, 2.75) is 25.5 Å². The van der Waals surface area contributed by atoms with Crippen molar-refractivity contribution in [2.75, 3.05) is 13.2 Å². The van der Waals surface area contributed by atoms with Crippen LogP contribution < -0.4 is 10.1 Å². The van der Waals surface area contributed by atoms with E-state index >= 15 is 0 Å². The largest absolute Gasteiger partial charge is 0.491 e. The van der Waals surface area contributed by atoms with Crippen molar-refractivity contribution < 1.29 is 9.84 Å². The zero-order valence-corrected chi connectivity index (χ0v) is 13.9. The highest BCUT2D eigenvalue weighted by Crippen LogP contribution is 2.19. The van der Waals surface area contributed by atoms with E-state index in [9.17, 15) is 5.11 Å². The van der Waals surface area contributed by atoms with Gasteiger partial charge in [-0.2, -0.15) is 0 Å². The fourth-order valence-electron chi connectivity index (χ4n) is 2.81. The number of fused-ring (bicyclic) bond motifs is 1. The Hall–Kier alpha value is -2.30. The van der Waals surface area contributed by atoms with Crippen LogP contribution in [0.25, 0.3) is 10.9 Å². The Balaban J connectivity index is 1.44. The average molecular weight is 324 g/mol. The van der Waals surface area contributed by atoms with Crippen LogP contribution in [0.1, 0.15) is 12.5 Å². The molecule has 2 aromatic carbocycles. The summed E-state index contributed by atoms with van der Waals surface area (Å²) in [5.41, 5.74) is 2.46. The van der Waals surface area contributed by atoms with Gasteiger partial charge >= 0.3 is 0 Å². The van der Waals surface area contributed by atoms with Crippen LogP contribution in [0.2, 0.25) is 0 Å². The molecule has 0 saturated heterocycles. The molecule has 0 aliphatic rings. The normalized spacial score (nSPS) is 13.8. The Morgan fingerprint density at radius 3 is 2.67 bits per heavy atom. The summed E-state index contributed by atoms with van der Waals surface area (Å²) in [6.07, 6.45) is 2.45. The monoisotopic (exact) mass is 324 g/mol. The van der Waals surface area contributed by atoms with Crippen LogP contribution in [-0.4, -0.2) is 35.4 Å². The van der Waals surface area contributed by atoms with Gasteiger partial charge in [0.25, 0.3) is 0 Å². The highest BCUT2D eigenvalue weighted by molar-refractivity contribution is 5.83. The number of benzene rings is 2. The number of hydrogen-bond donors (Lipinski definition) is 3. The molecule has 3 rings (SSSR count). The van der Waals surface area contributed by atoms with Crippen LogP contribution in [-0.2, 0) is 6.42 Å². The molecule has 4 nitrogen and oxygen atoms in total. The molecule has 0 amide bonds. The van der Waals surface area contributed by atoms with E-state index in [0.717, 1.165) is 17.7 Å². The number of rotatable bonds is 8. The van der Waals surface area contributed by atoms with Gasteiger partial charge in [-0.05, 0) is 37.1 Å². The molecule has 0 aliphatic heterocycles. The smallest absolute Gasteiger partial charge is 0.119 e. The number of H-pyrrole nitrogens is 1. The van der Waals surface area contributed by atoms with Crippen molar-refractivity contribution in [3.63, 3.8) is 0 Å². The molecule has 0 fully saturated rings. The Morgan fingerprint density at radius 2 is 1.83 bits per heavy atom. The first kappa shape index (κ1) is 16.6. The molecule has 0 saturated carbocycles. The highest BCUT2D eigenvalue weighted by Gasteiger charge is 2.11. The predicted octanol–water partition coefficient (Wildman–Crippen LogP) is 3.13. The maximum Gasteiger partial charge on any atom is 0.119 e. The van der Waals surface area contributed by atoms with E-state index in [1.54, 1.807) is 0 Å². The molecule has 3 N–H and O–H groups in total. The topological polar surface area (TPSA) is 57.3 Å². The zero-order chi connectivity index (χ0) is 16.8. The summed E-state index contributed by atoms with van der Waals surface area (Å²) >= 11 is 0. The molecule has 0 radical (unpaired) electrons. The second-order valence-corrected chi connectivity index (χ2v) is 6.15. The third-order valence-electron chi connectivity index (χ3n) is 4.09. The zero-order valence-electron chi connectivity index (χ0n) is 13.9. The fourth-order valence-corrected chi connectivity index (χ4v) is 2.81. The molecular weight excluding hydrogens is 300 g/mol. The third-order valence-corrected chi connectivity index (χ3v) is 4.09. The third kappa shape index (κ3) is 4.37. The van der Waals surface area contributed by atoms with Crippen molar-refractivity contribution in [1.29, 1.82) is 0 Å². The van der Waals surface area contributed by atoms with E-state index in [-0.39, 0.29) is 12.6 Å². The molecule has 0 spiro atoms. The van der Waals surface area contributed by atoms with Crippen molar-refractivity contribution in [1.82, 2.24) is 10.3 Å². The van der Waals surface area contributed by atoms with Crippen molar-refractivity contribution in [3.05, 3.63) is 66.4 Å². The van der Waals surface area contributed by atoms with Gasteiger partial charge in [-0.3, -0.25) is 0 Å². The summed E-state index contributed by atoms with van der Waals surface area (Å²) in [4.78, 5) is 3.30. The Kier molecular flexibility index (Phi) is 5.51. The maximum atomic E-state index is 10.1.